The second-order valence-electron chi connectivity index (χ2n) is 6.13. The molecule has 0 aliphatic carbocycles. The van der Waals surface area contributed by atoms with Crippen LogP contribution in [0.2, 0.25) is 5.02 Å². The number of hydrogen-bond donors (Lipinski definition) is 2. The molecule has 2 aromatic carbocycles. The van der Waals surface area contributed by atoms with E-state index in [0.29, 0.717) is 22.2 Å². The fraction of sp³-hybridized carbons (Fsp3) is 0.105. The number of fused-ring (bicyclic) bond motifs is 1. The molecule has 1 unspecified atom stereocenters. The zero-order valence-electron chi connectivity index (χ0n) is 13.9. The van der Waals surface area contributed by atoms with Crippen molar-refractivity contribution in [2.24, 2.45) is 0 Å². The van der Waals surface area contributed by atoms with Crippen molar-refractivity contribution in [3.8, 4) is 11.3 Å². The van der Waals surface area contributed by atoms with Crippen LogP contribution in [0.4, 0.5) is 15.9 Å². The Morgan fingerprint density at radius 1 is 1.22 bits per heavy atom. The molecule has 2 amide bonds. The predicted octanol–water partition coefficient (Wildman–Crippen LogP) is 3.86. The van der Waals surface area contributed by atoms with Gasteiger partial charge in [-0.3, -0.25) is 9.59 Å². The minimum Gasteiger partial charge on any atom is -0.324 e. The predicted molar refractivity (Wildman–Crippen MR) is 100.0 cm³/mol. The molecule has 0 spiro atoms. The first-order valence-electron chi connectivity index (χ1n) is 8.21. The Kier molecular flexibility index (Phi) is 4.37. The number of aromatic nitrogens is 2. The normalized spacial score (nSPS) is 15.8. The van der Waals surface area contributed by atoms with Gasteiger partial charge in [-0.05, 0) is 30.3 Å². The van der Waals surface area contributed by atoms with E-state index >= 15 is 0 Å². The highest BCUT2D eigenvalue weighted by Crippen LogP contribution is 2.30. The lowest BCUT2D eigenvalue weighted by Gasteiger charge is -2.23. The highest BCUT2D eigenvalue weighted by atomic mass is 35.5. The zero-order chi connectivity index (χ0) is 19.0. The Morgan fingerprint density at radius 3 is 2.74 bits per heavy atom. The van der Waals surface area contributed by atoms with Crippen LogP contribution < -0.4 is 10.6 Å². The molecule has 4 rings (SSSR count). The van der Waals surface area contributed by atoms with E-state index in [1.165, 1.54) is 22.9 Å². The molecule has 2 heterocycles. The number of halogens is 2. The van der Waals surface area contributed by atoms with Gasteiger partial charge >= 0.3 is 0 Å². The summed E-state index contributed by atoms with van der Waals surface area (Å²) in [4.78, 5) is 24.7. The Bertz CT molecular complexity index is 1030. The molecule has 136 valence electrons. The van der Waals surface area contributed by atoms with Crippen molar-refractivity contribution in [1.29, 1.82) is 0 Å². The third kappa shape index (κ3) is 3.54. The molecule has 1 aromatic heterocycles. The molecular formula is C19H14ClFN4O2. The summed E-state index contributed by atoms with van der Waals surface area (Å²) in [7, 11) is 0. The minimum atomic E-state index is -0.835. The van der Waals surface area contributed by atoms with Crippen molar-refractivity contribution in [3.63, 3.8) is 0 Å². The van der Waals surface area contributed by atoms with Crippen molar-refractivity contribution in [2.75, 3.05) is 10.6 Å². The van der Waals surface area contributed by atoms with E-state index in [1.807, 2.05) is 0 Å². The number of rotatable bonds is 3. The third-order valence-corrected chi connectivity index (χ3v) is 4.46. The lowest BCUT2D eigenvalue weighted by Crippen LogP contribution is -2.35. The second-order valence-corrected chi connectivity index (χ2v) is 6.57. The van der Waals surface area contributed by atoms with E-state index in [4.69, 9.17) is 11.6 Å². The summed E-state index contributed by atoms with van der Waals surface area (Å²) in [5.41, 5.74) is 1.73. The van der Waals surface area contributed by atoms with Gasteiger partial charge in [0, 0.05) is 22.3 Å². The van der Waals surface area contributed by atoms with Crippen LogP contribution in [0.25, 0.3) is 11.3 Å². The lowest BCUT2D eigenvalue weighted by molar-refractivity contribution is -0.125. The van der Waals surface area contributed by atoms with E-state index in [0.717, 1.165) is 5.56 Å². The maximum atomic E-state index is 13.3. The van der Waals surface area contributed by atoms with Crippen LogP contribution in [-0.2, 0) is 9.59 Å². The van der Waals surface area contributed by atoms with Gasteiger partial charge in [0.1, 0.15) is 17.7 Å². The van der Waals surface area contributed by atoms with Gasteiger partial charge in [0.25, 0.3) is 0 Å². The number of anilines is 2. The van der Waals surface area contributed by atoms with Crippen LogP contribution in [0.15, 0.2) is 54.6 Å². The maximum absolute atomic E-state index is 13.3. The number of benzene rings is 2. The van der Waals surface area contributed by atoms with Gasteiger partial charge in [0.15, 0.2) is 0 Å². The van der Waals surface area contributed by atoms with E-state index < -0.39 is 17.8 Å². The van der Waals surface area contributed by atoms with Crippen LogP contribution in [0.1, 0.15) is 12.5 Å². The number of nitrogens with one attached hydrogen (secondary N) is 2. The minimum absolute atomic E-state index is 0.0596. The number of hydrogen-bond acceptors (Lipinski definition) is 3. The van der Waals surface area contributed by atoms with E-state index in [9.17, 15) is 14.0 Å². The number of carbonyl (C=O) groups excluding carboxylic acids is 2. The molecular weight excluding hydrogens is 371 g/mol. The van der Waals surface area contributed by atoms with Crippen LogP contribution in [-0.4, -0.2) is 21.6 Å². The van der Waals surface area contributed by atoms with Gasteiger partial charge in [-0.15, -0.1) is 0 Å². The summed E-state index contributed by atoms with van der Waals surface area (Å²) < 4.78 is 14.8. The molecule has 8 heteroatoms. The first-order chi connectivity index (χ1) is 13.0. The SMILES string of the molecule is O=C1CC(C(=O)Nc2cccc(F)c2)n2nc(-c3ccc(Cl)cc3)cc2N1. The van der Waals surface area contributed by atoms with Gasteiger partial charge < -0.3 is 10.6 Å². The molecule has 1 aliphatic heterocycles. The molecule has 2 N–H and O–H groups in total. The van der Waals surface area contributed by atoms with Crippen LogP contribution in [0.5, 0.6) is 0 Å². The summed E-state index contributed by atoms with van der Waals surface area (Å²) >= 11 is 5.91. The first kappa shape index (κ1) is 17.2. The van der Waals surface area contributed by atoms with Gasteiger partial charge in [0.2, 0.25) is 11.8 Å². The molecule has 0 radical (unpaired) electrons. The third-order valence-electron chi connectivity index (χ3n) is 4.21. The summed E-state index contributed by atoms with van der Waals surface area (Å²) in [6, 6.07) is 13.5. The van der Waals surface area contributed by atoms with Crippen molar-refractivity contribution in [3.05, 3.63) is 65.4 Å². The quantitative estimate of drug-likeness (QED) is 0.719. The van der Waals surface area contributed by atoms with Crippen molar-refractivity contribution in [2.45, 2.75) is 12.5 Å². The maximum Gasteiger partial charge on any atom is 0.249 e. The largest absolute Gasteiger partial charge is 0.324 e. The lowest BCUT2D eigenvalue weighted by atomic mass is 10.1. The smallest absolute Gasteiger partial charge is 0.249 e. The fourth-order valence-corrected chi connectivity index (χ4v) is 3.06. The van der Waals surface area contributed by atoms with Gasteiger partial charge in [-0.1, -0.05) is 29.8 Å². The first-order valence-corrected chi connectivity index (χ1v) is 8.59. The molecule has 0 saturated heterocycles. The van der Waals surface area contributed by atoms with Crippen LogP contribution in [0.3, 0.4) is 0 Å². The highest BCUT2D eigenvalue weighted by molar-refractivity contribution is 6.30. The van der Waals surface area contributed by atoms with E-state index in [1.54, 1.807) is 36.4 Å². The molecule has 1 atom stereocenters. The topological polar surface area (TPSA) is 76.0 Å². The van der Waals surface area contributed by atoms with Gasteiger partial charge in [0.05, 0.1) is 12.1 Å². The average molecular weight is 385 g/mol. The molecule has 0 bridgehead atoms. The van der Waals surface area contributed by atoms with E-state index in [2.05, 4.69) is 15.7 Å². The average Bonchev–Trinajstić information content (AvgIpc) is 3.05. The number of carbonyl (C=O) groups is 2. The Balaban J connectivity index is 1.64. The highest BCUT2D eigenvalue weighted by Gasteiger charge is 2.32. The molecule has 0 fully saturated rings. The fourth-order valence-electron chi connectivity index (χ4n) is 2.94. The summed E-state index contributed by atoms with van der Waals surface area (Å²) in [5, 5.41) is 10.4. The monoisotopic (exact) mass is 384 g/mol. The molecule has 3 aromatic rings. The molecule has 6 nitrogen and oxygen atoms in total. The summed E-state index contributed by atoms with van der Waals surface area (Å²) in [6.45, 7) is 0. The van der Waals surface area contributed by atoms with Crippen LogP contribution in [0, 0.1) is 5.82 Å². The summed E-state index contributed by atoms with van der Waals surface area (Å²) in [6.07, 6.45) is -0.0596. The summed E-state index contributed by atoms with van der Waals surface area (Å²) in [5.74, 6) is -0.763. The number of nitrogens with zero attached hydrogens (tertiary/aromatic N) is 2. The van der Waals surface area contributed by atoms with Gasteiger partial charge in [-0.25, -0.2) is 9.07 Å². The standard InChI is InChI=1S/C19H14ClFN4O2/c20-12-6-4-11(5-7-12)15-9-17-23-18(26)10-16(25(17)24-15)19(27)22-14-3-1-2-13(21)8-14/h1-9,16H,10H2,(H,22,27)(H,23,26). The van der Waals surface area contributed by atoms with Crippen molar-refractivity contribution in [1.82, 2.24) is 9.78 Å². The Labute approximate surface area is 158 Å². The molecule has 0 saturated carbocycles. The Morgan fingerprint density at radius 2 is 2.00 bits per heavy atom. The molecule has 27 heavy (non-hydrogen) atoms. The van der Waals surface area contributed by atoms with E-state index in [-0.39, 0.29) is 12.3 Å². The van der Waals surface area contributed by atoms with Gasteiger partial charge in [-0.2, -0.15) is 5.10 Å². The second kappa shape index (κ2) is 6.85. The van der Waals surface area contributed by atoms with Crippen molar-refractivity contribution < 1.29 is 14.0 Å². The number of amides is 2. The Hall–Kier alpha value is -3.19. The molecule has 1 aliphatic rings. The van der Waals surface area contributed by atoms with Crippen LogP contribution >= 0.6 is 11.6 Å². The van der Waals surface area contributed by atoms with Crippen molar-refractivity contribution >= 4 is 34.9 Å². The zero-order valence-corrected chi connectivity index (χ0v) is 14.7.